The lowest BCUT2D eigenvalue weighted by Gasteiger charge is -2.37. The maximum absolute atomic E-state index is 12.9. The predicted molar refractivity (Wildman–Crippen MR) is 139 cm³/mol. The SMILES string of the molecule is Cc1c(Cl)c(=O)oc2cc(OCC(=O)N[C@@H](CO)C(=O)N3CCN(c4ccc([N+](=O)[O-])cc4)CC3)ccc12. The number of anilines is 1. The number of halogens is 1. The van der Waals surface area contributed by atoms with Crippen LogP contribution < -0.4 is 20.6 Å². The van der Waals surface area contributed by atoms with Gasteiger partial charge in [-0.25, -0.2) is 4.79 Å². The molecule has 38 heavy (non-hydrogen) atoms. The molecule has 0 unspecified atom stereocenters. The predicted octanol–water partition coefficient (Wildman–Crippen LogP) is 1.87. The number of carbonyl (C=O) groups excluding carboxylic acids is 2. The van der Waals surface area contributed by atoms with Gasteiger partial charge in [-0.05, 0) is 36.8 Å². The van der Waals surface area contributed by atoms with E-state index in [-0.39, 0.29) is 22.0 Å². The molecule has 2 aromatic carbocycles. The van der Waals surface area contributed by atoms with Gasteiger partial charge in [0.25, 0.3) is 11.6 Å². The van der Waals surface area contributed by atoms with Crippen LogP contribution in [0, 0.1) is 17.0 Å². The van der Waals surface area contributed by atoms with Crippen molar-refractivity contribution in [2.24, 2.45) is 0 Å². The van der Waals surface area contributed by atoms with Gasteiger partial charge >= 0.3 is 5.63 Å². The zero-order valence-electron chi connectivity index (χ0n) is 20.4. The van der Waals surface area contributed by atoms with Crippen molar-refractivity contribution in [3.8, 4) is 5.75 Å². The van der Waals surface area contributed by atoms with E-state index < -0.39 is 41.6 Å². The lowest BCUT2D eigenvalue weighted by molar-refractivity contribution is -0.384. The number of aryl methyl sites for hydroxylation is 1. The van der Waals surface area contributed by atoms with Gasteiger partial charge < -0.3 is 29.4 Å². The summed E-state index contributed by atoms with van der Waals surface area (Å²) in [6.07, 6.45) is 0. The Morgan fingerprint density at radius 2 is 1.87 bits per heavy atom. The van der Waals surface area contributed by atoms with E-state index in [0.717, 1.165) is 5.69 Å². The number of fused-ring (bicyclic) bond motifs is 1. The zero-order chi connectivity index (χ0) is 27.4. The Kier molecular flexibility index (Phi) is 8.13. The minimum Gasteiger partial charge on any atom is -0.484 e. The number of benzene rings is 2. The largest absolute Gasteiger partial charge is 0.484 e. The highest BCUT2D eigenvalue weighted by molar-refractivity contribution is 6.31. The van der Waals surface area contributed by atoms with E-state index in [1.807, 2.05) is 4.90 Å². The topological polar surface area (TPSA) is 155 Å². The molecule has 1 fully saturated rings. The smallest absolute Gasteiger partial charge is 0.355 e. The number of non-ortho nitro benzene ring substituents is 1. The van der Waals surface area contributed by atoms with Crippen molar-refractivity contribution in [2.45, 2.75) is 13.0 Å². The first-order valence-electron chi connectivity index (χ1n) is 11.7. The maximum atomic E-state index is 12.9. The molecule has 1 saturated heterocycles. The highest BCUT2D eigenvalue weighted by Crippen LogP contribution is 2.26. The van der Waals surface area contributed by atoms with E-state index in [2.05, 4.69) is 5.32 Å². The fourth-order valence-corrected chi connectivity index (χ4v) is 4.30. The van der Waals surface area contributed by atoms with Gasteiger partial charge in [0.1, 0.15) is 22.4 Å². The number of nitro benzene ring substituents is 1. The van der Waals surface area contributed by atoms with Crippen molar-refractivity contribution in [2.75, 3.05) is 44.3 Å². The number of hydrogen-bond donors (Lipinski definition) is 2. The molecule has 0 saturated carbocycles. The molecule has 3 aromatic rings. The number of carbonyl (C=O) groups is 2. The summed E-state index contributed by atoms with van der Waals surface area (Å²) in [5.41, 5.74) is 0.953. The third-order valence-electron chi connectivity index (χ3n) is 6.27. The van der Waals surface area contributed by atoms with Crippen LogP contribution in [0.4, 0.5) is 11.4 Å². The number of rotatable bonds is 8. The van der Waals surface area contributed by atoms with Crippen LogP contribution in [0.3, 0.4) is 0 Å². The molecule has 12 nitrogen and oxygen atoms in total. The Hall–Kier alpha value is -4.16. The third-order valence-corrected chi connectivity index (χ3v) is 6.71. The number of piperazine rings is 1. The highest BCUT2D eigenvalue weighted by Gasteiger charge is 2.28. The normalized spacial score (nSPS) is 14.3. The summed E-state index contributed by atoms with van der Waals surface area (Å²) in [7, 11) is 0. The molecule has 1 aliphatic heterocycles. The van der Waals surface area contributed by atoms with Gasteiger partial charge in [-0.1, -0.05) is 11.6 Å². The first-order chi connectivity index (χ1) is 18.2. The molecule has 0 aliphatic carbocycles. The number of nitrogens with one attached hydrogen (secondary N) is 1. The Bertz CT molecular complexity index is 1420. The van der Waals surface area contributed by atoms with E-state index >= 15 is 0 Å². The van der Waals surface area contributed by atoms with Crippen molar-refractivity contribution < 1.29 is 28.8 Å². The first kappa shape index (κ1) is 26.9. The van der Waals surface area contributed by atoms with Crippen LogP contribution >= 0.6 is 11.6 Å². The molecule has 13 heteroatoms. The number of nitro groups is 1. The van der Waals surface area contributed by atoms with Gasteiger partial charge in [0, 0.05) is 55.5 Å². The summed E-state index contributed by atoms with van der Waals surface area (Å²) >= 11 is 5.93. The van der Waals surface area contributed by atoms with Crippen molar-refractivity contribution in [3.05, 3.63) is 73.6 Å². The molecule has 2 amide bonds. The van der Waals surface area contributed by atoms with Gasteiger partial charge in [0.15, 0.2) is 6.61 Å². The van der Waals surface area contributed by atoms with Crippen LogP contribution in [0.2, 0.25) is 5.02 Å². The van der Waals surface area contributed by atoms with Crippen molar-refractivity contribution >= 4 is 45.8 Å². The van der Waals surface area contributed by atoms with Crippen LogP contribution in [-0.2, 0) is 9.59 Å². The van der Waals surface area contributed by atoms with E-state index in [1.165, 1.54) is 18.2 Å². The molecule has 0 radical (unpaired) electrons. The van der Waals surface area contributed by atoms with Crippen LogP contribution in [0.25, 0.3) is 11.0 Å². The summed E-state index contributed by atoms with van der Waals surface area (Å²) in [4.78, 5) is 51.1. The average Bonchev–Trinajstić information content (AvgIpc) is 2.93. The number of aliphatic hydroxyl groups excluding tert-OH is 1. The summed E-state index contributed by atoms with van der Waals surface area (Å²) in [6.45, 7) is 2.35. The Labute approximate surface area is 221 Å². The maximum Gasteiger partial charge on any atom is 0.355 e. The number of ether oxygens (including phenoxy) is 1. The van der Waals surface area contributed by atoms with Gasteiger partial charge in [0.05, 0.1) is 11.5 Å². The lowest BCUT2D eigenvalue weighted by Crippen LogP contribution is -2.56. The van der Waals surface area contributed by atoms with Crippen LogP contribution in [0.1, 0.15) is 5.56 Å². The second-order valence-electron chi connectivity index (χ2n) is 8.66. The molecular weight excluding hydrogens is 520 g/mol. The number of hydrogen-bond acceptors (Lipinski definition) is 9. The van der Waals surface area contributed by atoms with Crippen LogP contribution in [0.5, 0.6) is 5.75 Å². The molecule has 1 aromatic heterocycles. The number of aliphatic hydroxyl groups is 1. The third kappa shape index (κ3) is 5.87. The fraction of sp³-hybridized carbons (Fsp3) is 0.320. The summed E-state index contributed by atoms with van der Waals surface area (Å²) < 4.78 is 10.7. The Balaban J connectivity index is 1.30. The summed E-state index contributed by atoms with van der Waals surface area (Å²) in [5.74, 6) is -0.772. The fourth-order valence-electron chi connectivity index (χ4n) is 4.16. The Morgan fingerprint density at radius 1 is 1.18 bits per heavy atom. The molecule has 200 valence electrons. The lowest BCUT2D eigenvalue weighted by atomic mass is 10.1. The van der Waals surface area contributed by atoms with Crippen LogP contribution in [0.15, 0.2) is 51.7 Å². The van der Waals surface area contributed by atoms with Crippen molar-refractivity contribution in [1.29, 1.82) is 0 Å². The Morgan fingerprint density at radius 3 is 2.50 bits per heavy atom. The average molecular weight is 545 g/mol. The quantitative estimate of drug-likeness (QED) is 0.245. The van der Waals surface area contributed by atoms with Crippen molar-refractivity contribution in [1.82, 2.24) is 10.2 Å². The van der Waals surface area contributed by atoms with Gasteiger partial charge in [-0.15, -0.1) is 0 Å². The molecule has 2 N–H and O–H groups in total. The van der Waals surface area contributed by atoms with Gasteiger partial charge in [-0.3, -0.25) is 19.7 Å². The first-order valence-corrected chi connectivity index (χ1v) is 12.1. The number of amides is 2. The molecule has 0 bridgehead atoms. The minimum absolute atomic E-state index is 0.000274. The molecule has 4 rings (SSSR count). The second kappa shape index (κ2) is 11.5. The molecule has 2 heterocycles. The number of nitrogens with zero attached hydrogens (tertiary/aromatic N) is 3. The van der Waals surface area contributed by atoms with Crippen LogP contribution in [-0.4, -0.2) is 72.2 Å². The molecular formula is C25H25ClN4O8. The van der Waals surface area contributed by atoms with E-state index in [1.54, 1.807) is 36.1 Å². The monoisotopic (exact) mass is 544 g/mol. The molecule has 1 atom stereocenters. The molecule has 1 aliphatic rings. The van der Waals surface area contributed by atoms with E-state index in [9.17, 15) is 29.6 Å². The van der Waals surface area contributed by atoms with Crippen molar-refractivity contribution in [3.63, 3.8) is 0 Å². The zero-order valence-corrected chi connectivity index (χ0v) is 21.1. The minimum atomic E-state index is -1.14. The van der Waals surface area contributed by atoms with E-state index in [0.29, 0.717) is 37.1 Å². The van der Waals surface area contributed by atoms with Gasteiger partial charge in [-0.2, -0.15) is 0 Å². The summed E-state index contributed by atoms with van der Waals surface area (Å²) in [6, 6.07) is 9.75. The standard InChI is InChI=1S/C25H25ClN4O8/c1-15-19-7-6-18(12-21(19)38-25(34)23(15)26)37-14-22(32)27-20(13-31)24(33)29-10-8-28(9-11-29)16-2-4-17(5-3-16)30(35)36/h2-7,12,20,31H,8-11,13-14H2,1H3,(H,27,32)/t20-/m0/s1. The summed E-state index contributed by atoms with van der Waals surface area (Å²) in [5, 5.41) is 23.7. The van der Waals surface area contributed by atoms with E-state index in [4.69, 9.17) is 20.8 Å². The highest BCUT2D eigenvalue weighted by atomic mass is 35.5. The van der Waals surface area contributed by atoms with Gasteiger partial charge in [0.2, 0.25) is 5.91 Å². The second-order valence-corrected chi connectivity index (χ2v) is 9.04. The molecule has 0 spiro atoms.